The van der Waals surface area contributed by atoms with E-state index in [4.69, 9.17) is 9.47 Å². The van der Waals surface area contributed by atoms with E-state index in [2.05, 4.69) is 86.8 Å². The molecule has 0 aromatic carbocycles. The predicted molar refractivity (Wildman–Crippen MR) is 205 cm³/mol. The van der Waals surface area contributed by atoms with Crippen LogP contribution in [-0.2, 0) is 19.1 Å². The average Bonchev–Trinajstić information content (AvgIpc) is 3.09. The van der Waals surface area contributed by atoms with Crippen LogP contribution in [0.4, 0.5) is 0 Å². The van der Waals surface area contributed by atoms with Gasteiger partial charge in [-0.05, 0) is 83.5 Å². The van der Waals surface area contributed by atoms with Crippen molar-refractivity contribution in [3.63, 3.8) is 0 Å². The van der Waals surface area contributed by atoms with Crippen molar-refractivity contribution >= 4 is 11.9 Å². The minimum Gasteiger partial charge on any atom is -0.462 e. The Balaban J connectivity index is 3.69. The van der Waals surface area contributed by atoms with Gasteiger partial charge in [-0.2, -0.15) is 0 Å². The molecule has 48 heavy (non-hydrogen) atoms. The van der Waals surface area contributed by atoms with E-state index in [-0.39, 0.29) is 25.2 Å². The Bertz CT molecular complexity index is 895. The molecule has 5 heteroatoms. The number of unbranched alkanes of at least 4 members (excludes halogenated alkanes) is 14. The summed E-state index contributed by atoms with van der Waals surface area (Å²) in [4.78, 5) is 24.2. The number of carbonyl (C=O) groups excluding carboxylic acids is 2. The molecule has 0 aromatic rings. The first kappa shape index (κ1) is 45.3. The highest BCUT2D eigenvalue weighted by atomic mass is 16.6. The summed E-state index contributed by atoms with van der Waals surface area (Å²) in [5, 5.41) is 9.54. The van der Waals surface area contributed by atoms with Gasteiger partial charge >= 0.3 is 11.9 Å². The van der Waals surface area contributed by atoms with Crippen LogP contribution in [0.3, 0.4) is 0 Å². The standard InChI is InChI=1S/C43H72O5/c1-3-5-7-9-11-13-15-17-19-21-23-25-27-29-31-33-35-37-42(45)47-40-41(39-44)48-43(46)38-36-34-32-30-28-26-24-22-20-18-16-14-12-10-8-6-4-2/h11-14,17-20,23,25,29,31,41,44H,3-10,15-16,21-22,24,26-28,30,32-40H2,1-2H3/b13-11+,14-12+,19-17+,20-18+,25-23+,31-29+/t41-/m0/s1. The lowest BCUT2D eigenvalue weighted by atomic mass is 10.1. The Morgan fingerprint density at radius 3 is 1.31 bits per heavy atom. The lowest BCUT2D eigenvalue weighted by Crippen LogP contribution is -2.28. The summed E-state index contributed by atoms with van der Waals surface area (Å²) in [6.07, 6.45) is 51.0. The molecule has 0 heterocycles. The molecule has 0 spiro atoms. The summed E-state index contributed by atoms with van der Waals surface area (Å²) in [5.41, 5.74) is 0. The second-order valence-corrected chi connectivity index (χ2v) is 12.6. The van der Waals surface area contributed by atoms with E-state index in [0.29, 0.717) is 19.3 Å². The van der Waals surface area contributed by atoms with E-state index in [0.717, 1.165) is 57.8 Å². The Morgan fingerprint density at radius 1 is 0.479 bits per heavy atom. The monoisotopic (exact) mass is 669 g/mol. The van der Waals surface area contributed by atoms with Gasteiger partial charge in [0.2, 0.25) is 0 Å². The average molecular weight is 669 g/mol. The minimum atomic E-state index is -0.800. The molecule has 0 fully saturated rings. The van der Waals surface area contributed by atoms with Gasteiger partial charge in [-0.15, -0.1) is 0 Å². The van der Waals surface area contributed by atoms with E-state index in [9.17, 15) is 14.7 Å². The number of hydrogen-bond acceptors (Lipinski definition) is 5. The highest BCUT2D eigenvalue weighted by Gasteiger charge is 2.16. The molecule has 5 nitrogen and oxygen atoms in total. The molecule has 0 aliphatic carbocycles. The third-order valence-corrected chi connectivity index (χ3v) is 7.97. The quantitative estimate of drug-likeness (QED) is 0.0420. The lowest BCUT2D eigenvalue weighted by Gasteiger charge is -2.15. The van der Waals surface area contributed by atoms with Crippen molar-refractivity contribution in [3.05, 3.63) is 72.9 Å². The molecule has 0 bridgehead atoms. The summed E-state index contributed by atoms with van der Waals surface area (Å²) in [7, 11) is 0. The normalized spacial score (nSPS) is 13.0. The van der Waals surface area contributed by atoms with E-state index < -0.39 is 6.10 Å². The third-order valence-electron chi connectivity index (χ3n) is 7.97. The van der Waals surface area contributed by atoms with Crippen LogP contribution in [0.1, 0.15) is 168 Å². The zero-order valence-corrected chi connectivity index (χ0v) is 31.0. The van der Waals surface area contributed by atoms with Crippen LogP contribution in [0.5, 0.6) is 0 Å². The predicted octanol–water partition coefficient (Wildman–Crippen LogP) is 12.2. The van der Waals surface area contributed by atoms with Gasteiger partial charge in [0.1, 0.15) is 6.61 Å². The number of ether oxygens (including phenoxy) is 2. The molecule has 0 aromatic heterocycles. The van der Waals surface area contributed by atoms with Gasteiger partial charge in [-0.1, -0.05) is 145 Å². The Morgan fingerprint density at radius 2 is 0.854 bits per heavy atom. The molecule has 0 saturated heterocycles. The molecule has 0 aliphatic rings. The minimum absolute atomic E-state index is 0.101. The van der Waals surface area contributed by atoms with Crippen molar-refractivity contribution in [1.29, 1.82) is 0 Å². The van der Waals surface area contributed by atoms with Crippen LogP contribution in [-0.4, -0.2) is 36.4 Å². The SMILES string of the molecule is CCCCC/C=C/C/C=C/C/C=C/C/C=C/CCCC(=O)OC[C@H](CO)OC(=O)CCCCCCCCC/C=C/C/C=C/CCCCC. The first-order valence-corrected chi connectivity index (χ1v) is 19.5. The number of aliphatic hydroxyl groups is 1. The largest absolute Gasteiger partial charge is 0.462 e. The fourth-order valence-corrected chi connectivity index (χ4v) is 4.99. The number of rotatable bonds is 34. The van der Waals surface area contributed by atoms with Gasteiger partial charge in [0, 0.05) is 12.8 Å². The Hall–Kier alpha value is -2.66. The summed E-state index contributed by atoms with van der Waals surface area (Å²) in [5.74, 6) is -0.671. The second-order valence-electron chi connectivity index (χ2n) is 12.6. The smallest absolute Gasteiger partial charge is 0.306 e. The Kier molecular flexibility index (Phi) is 36.6. The second kappa shape index (κ2) is 38.8. The Labute approximate surface area is 295 Å². The van der Waals surface area contributed by atoms with Crippen LogP contribution >= 0.6 is 0 Å². The molecule has 0 saturated carbocycles. The molecule has 0 rings (SSSR count). The van der Waals surface area contributed by atoms with Crippen LogP contribution in [0.2, 0.25) is 0 Å². The van der Waals surface area contributed by atoms with Crippen LogP contribution < -0.4 is 0 Å². The number of esters is 2. The molecule has 0 aliphatic heterocycles. The summed E-state index contributed by atoms with van der Waals surface area (Å²) < 4.78 is 10.6. The summed E-state index contributed by atoms with van der Waals surface area (Å²) in [6, 6.07) is 0. The molecule has 0 amide bonds. The van der Waals surface area contributed by atoms with Crippen LogP contribution in [0, 0.1) is 0 Å². The van der Waals surface area contributed by atoms with Gasteiger partial charge in [0.25, 0.3) is 0 Å². The van der Waals surface area contributed by atoms with E-state index in [1.54, 1.807) is 0 Å². The van der Waals surface area contributed by atoms with Crippen LogP contribution in [0.25, 0.3) is 0 Å². The van der Waals surface area contributed by atoms with Crippen molar-refractivity contribution < 1.29 is 24.2 Å². The van der Waals surface area contributed by atoms with Crippen molar-refractivity contribution in [2.75, 3.05) is 13.2 Å². The van der Waals surface area contributed by atoms with Crippen molar-refractivity contribution in [1.82, 2.24) is 0 Å². The third kappa shape index (κ3) is 36.2. The molecular weight excluding hydrogens is 596 g/mol. The maximum absolute atomic E-state index is 12.2. The van der Waals surface area contributed by atoms with Crippen molar-refractivity contribution in [2.24, 2.45) is 0 Å². The fourth-order valence-electron chi connectivity index (χ4n) is 4.99. The van der Waals surface area contributed by atoms with Gasteiger partial charge in [-0.25, -0.2) is 0 Å². The molecule has 274 valence electrons. The summed E-state index contributed by atoms with van der Waals surface area (Å²) >= 11 is 0. The number of carbonyl (C=O) groups is 2. The molecule has 1 atom stereocenters. The molecule has 1 N–H and O–H groups in total. The molecule has 0 unspecified atom stereocenters. The number of aliphatic hydroxyl groups excluding tert-OH is 1. The van der Waals surface area contributed by atoms with Gasteiger partial charge in [-0.3, -0.25) is 9.59 Å². The van der Waals surface area contributed by atoms with Gasteiger partial charge < -0.3 is 14.6 Å². The maximum Gasteiger partial charge on any atom is 0.306 e. The van der Waals surface area contributed by atoms with E-state index in [1.807, 2.05) is 0 Å². The molecular formula is C43H72O5. The van der Waals surface area contributed by atoms with Gasteiger partial charge in [0.15, 0.2) is 6.10 Å². The number of hydrogen-bond donors (Lipinski definition) is 1. The zero-order chi connectivity index (χ0) is 35.0. The fraction of sp³-hybridized carbons (Fsp3) is 0.674. The van der Waals surface area contributed by atoms with Crippen molar-refractivity contribution in [2.45, 2.75) is 174 Å². The topological polar surface area (TPSA) is 72.8 Å². The first-order chi connectivity index (χ1) is 23.6. The molecule has 0 radical (unpaired) electrons. The number of allylic oxidation sites excluding steroid dienone is 12. The lowest BCUT2D eigenvalue weighted by molar-refractivity contribution is -0.161. The van der Waals surface area contributed by atoms with E-state index >= 15 is 0 Å². The van der Waals surface area contributed by atoms with Gasteiger partial charge in [0.05, 0.1) is 6.61 Å². The van der Waals surface area contributed by atoms with E-state index in [1.165, 1.54) is 77.0 Å². The summed E-state index contributed by atoms with van der Waals surface area (Å²) in [6.45, 7) is 4.01. The highest BCUT2D eigenvalue weighted by molar-refractivity contribution is 5.70. The highest BCUT2D eigenvalue weighted by Crippen LogP contribution is 2.11. The van der Waals surface area contributed by atoms with Crippen LogP contribution in [0.15, 0.2) is 72.9 Å². The zero-order valence-electron chi connectivity index (χ0n) is 31.0. The maximum atomic E-state index is 12.2. The first-order valence-electron chi connectivity index (χ1n) is 19.5. The van der Waals surface area contributed by atoms with Crippen molar-refractivity contribution in [3.8, 4) is 0 Å².